The molecule has 0 N–H and O–H groups in total. The molecule has 0 saturated heterocycles. The first-order valence-corrected chi connectivity index (χ1v) is 8.36. The zero-order valence-corrected chi connectivity index (χ0v) is 18.3. The van der Waals surface area contributed by atoms with Crippen LogP contribution in [-0.2, 0) is 31.7 Å². The molecule has 129 valence electrons. The molecule has 2 aromatic rings. The van der Waals surface area contributed by atoms with E-state index >= 15 is 0 Å². The fourth-order valence-corrected chi connectivity index (χ4v) is 2.87. The van der Waals surface area contributed by atoms with Gasteiger partial charge < -0.3 is 24.8 Å². The quantitative estimate of drug-likeness (QED) is 0.635. The molecular formula is C20H25Cl2OTi. The van der Waals surface area contributed by atoms with E-state index in [-0.39, 0.29) is 35.6 Å². The van der Waals surface area contributed by atoms with Gasteiger partial charge in [-0.15, -0.1) is 0 Å². The average molecular weight is 400 g/mol. The zero-order chi connectivity index (χ0) is 16.5. The van der Waals surface area contributed by atoms with Crippen LogP contribution in [0.1, 0.15) is 52.7 Å². The van der Waals surface area contributed by atoms with Crippen LogP contribution in [0, 0.1) is 0 Å². The minimum atomic E-state index is 0. The van der Waals surface area contributed by atoms with E-state index in [1.54, 1.807) is 20.8 Å². The van der Waals surface area contributed by atoms with Crippen LogP contribution in [0.4, 0.5) is 0 Å². The fraction of sp³-hybridized carbons (Fsp3) is 0.400. The molecule has 0 heterocycles. The third-order valence-corrected chi connectivity index (χ3v) is 4.29. The van der Waals surface area contributed by atoms with Crippen molar-refractivity contribution in [3.8, 4) is 16.9 Å². The van der Waals surface area contributed by atoms with E-state index in [2.05, 4.69) is 84.0 Å². The Bertz CT molecular complexity index is 656. The summed E-state index contributed by atoms with van der Waals surface area (Å²) in [6.07, 6.45) is 0. The van der Waals surface area contributed by atoms with Gasteiger partial charge in [-0.05, 0) is 0 Å². The van der Waals surface area contributed by atoms with Crippen molar-refractivity contribution in [2.45, 2.75) is 52.4 Å². The number of hydrogen-bond acceptors (Lipinski definition) is 1. The molecule has 0 aliphatic rings. The van der Waals surface area contributed by atoms with Gasteiger partial charge in [0.1, 0.15) is 0 Å². The van der Waals surface area contributed by atoms with Crippen LogP contribution >= 0.6 is 0 Å². The van der Waals surface area contributed by atoms with E-state index in [1.165, 1.54) is 22.3 Å². The van der Waals surface area contributed by atoms with Crippen LogP contribution in [-0.4, -0.2) is 0 Å². The minimum Gasteiger partial charge on any atom is -1.00 e. The first-order valence-electron chi connectivity index (χ1n) is 7.72. The SMILES string of the molecule is CC(C)(C)c1cc([O][Ti+2])c(-c2ccccc2)c(C(C)(C)C)c1.[Cl-].[Cl-]. The van der Waals surface area contributed by atoms with Gasteiger partial charge in [-0.25, -0.2) is 0 Å². The zero-order valence-electron chi connectivity index (χ0n) is 15.2. The van der Waals surface area contributed by atoms with Gasteiger partial charge >= 0.3 is 147 Å². The van der Waals surface area contributed by atoms with E-state index in [9.17, 15) is 0 Å². The van der Waals surface area contributed by atoms with Crippen molar-refractivity contribution in [1.29, 1.82) is 0 Å². The summed E-state index contributed by atoms with van der Waals surface area (Å²) in [5.41, 5.74) is 5.23. The summed E-state index contributed by atoms with van der Waals surface area (Å²) in [6.45, 7) is 13.5. The van der Waals surface area contributed by atoms with E-state index < -0.39 is 0 Å². The predicted octanol–water partition coefficient (Wildman–Crippen LogP) is -0.203. The van der Waals surface area contributed by atoms with Gasteiger partial charge in [0.05, 0.1) is 0 Å². The number of rotatable bonds is 2. The molecule has 0 spiro atoms. The van der Waals surface area contributed by atoms with Gasteiger partial charge in [-0.2, -0.15) is 0 Å². The average Bonchev–Trinajstić information content (AvgIpc) is 2.44. The smallest absolute Gasteiger partial charge is 1.00 e. The van der Waals surface area contributed by atoms with Gasteiger partial charge in [0.25, 0.3) is 0 Å². The summed E-state index contributed by atoms with van der Waals surface area (Å²) >= 11 is 1.76. The fourth-order valence-electron chi connectivity index (χ4n) is 2.62. The van der Waals surface area contributed by atoms with Gasteiger partial charge in [0.2, 0.25) is 0 Å². The van der Waals surface area contributed by atoms with Gasteiger partial charge in [-0.1, -0.05) is 0 Å². The van der Waals surface area contributed by atoms with Crippen LogP contribution in [0.2, 0.25) is 0 Å². The van der Waals surface area contributed by atoms with Crippen LogP contribution in [0.5, 0.6) is 5.75 Å². The Kier molecular flexibility index (Phi) is 8.59. The monoisotopic (exact) mass is 399 g/mol. The van der Waals surface area contributed by atoms with Crippen LogP contribution in [0.15, 0.2) is 42.5 Å². The van der Waals surface area contributed by atoms with Crippen LogP contribution in [0.3, 0.4) is 0 Å². The standard InChI is InChI=1S/C20H26O.2ClH.Ti/c1-19(2,3)15-12-16(20(4,5)6)18(17(21)13-15)14-10-8-7-9-11-14;;;/h7-13,21H,1-6H3;2*1H;/q;;;+3/p-3. The number of halogens is 2. The van der Waals surface area contributed by atoms with Crippen molar-refractivity contribution in [3.63, 3.8) is 0 Å². The molecule has 24 heavy (non-hydrogen) atoms. The summed E-state index contributed by atoms with van der Waals surface area (Å²) in [7, 11) is 0. The third kappa shape index (κ3) is 5.26. The predicted molar refractivity (Wildman–Crippen MR) is 89.9 cm³/mol. The van der Waals surface area contributed by atoms with E-state index in [1.807, 2.05) is 0 Å². The summed E-state index contributed by atoms with van der Waals surface area (Å²) in [5.74, 6) is 0.962. The largest absolute Gasteiger partial charge is 1.00 e. The third-order valence-electron chi connectivity index (χ3n) is 3.95. The van der Waals surface area contributed by atoms with Crippen molar-refractivity contribution in [3.05, 3.63) is 53.6 Å². The van der Waals surface area contributed by atoms with Gasteiger partial charge in [0, 0.05) is 0 Å². The first-order chi connectivity index (χ1) is 10.1. The second kappa shape index (κ2) is 8.76. The maximum Gasteiger partial charge on any atom is -1.00 e. The normalized spacial score (nSPS) is 11.3. The topological polar surface area (TPSA) is 9.23 Å². The molecule has 1 nitrogen and oxygen atoms in total. The molecule has 0 saturated carbocycles. The van der Waals surface area contributed by atoms with E-state index in [0.717, 1.165) is 5.75 Å². The van der Waals surface area contributed by atoms with Crippen molar-refractivity contribution in [2.24, 2.45) is 0 Å². The van der Waals surface area contributed by atoms with Crippen molar-refractivity contribution >= 4 is 0 Å². The molecule has 2 aromatic carbocycles. The minimum absolute atomic E-state index is 0. The van der Waals surface area contributed by atoms with Crippen LogP contribution in [0.25, 0.3) is 11.1 Å². The second-order valence-corrected chi connectivity index (χ2v) is 8.18. The summed E-state index contributed by atoms with van der Waals surface area (Å²) < 4.78 is 5.77. The molecule has 0 fully saturated rings. The Hall–Kier alpha value is -0.466. The molecule has 0 bridgehead atoms. The van der Waals surface area contributed by atoms with Crippen LogP contribution < -0.4 is 28.1 Å². The summed E-state index contributed by atoms with van der Waals surface area (Å²) in [4.78, 5) is 0. The Balaban J connectivity index is 0.00000264. The van der Waals surface area contributed by atoms with E-state index in [4.69, 9.17) is 3.32 Å². The number of benzene rings is 2. The second-order valence-electron chi connectivity index (χ2n) is 7.87. The Morgan fingerprint density at radius 2 is 1.33 bits per heavy atom. The molecule has 0 atom stereocenters. The maximum absolute atomic E-state index is 5.77. The molecule has 2 rings (SSSR count). The van der Waals surface area contributed by atoms with Gasteiger partial charge in [-0.3, -0.25) is 0 Å². The molecule has 0 unspecified atom stereocenters. The molecule has 0 radical (unpaired) electrons. The summed E-state index contributed by atoms with van der Waals surface area (Å²) in [6, 6.07) is 15.1. The maximum atomic E-state index is 5.77. The van der Waals surface area contributed by atoms with Gasteiger partial charge in [0.15, 0.2) is 0 Å². The first kappa shape index (κ1) is 23.5. The molecule has 0 aliphatic carbocycles. The molecular weight excluding hydrogens is 375 g/mol. The Morgan fingerprint density at radius 3 is 1.75 bits per heavy atom. The van der Waals surface area contributed by atoms with E-state index in [0.29, 0.717) is 0 Å². The van der Waals surface area contributed by atoms with Crippen molar-refractivity contribution in [1.82, 2.24) is 0 Å². The Labute approximate surface area is 171 Å². The molecule has 0 aromatic heterocycles. The molecule has 0 amide bonds. The van der Waals surface area contributed by atoms with Crippen molar-refractivity contribution < 1.29 is 49.0 Å². The molecule has 4 heteroatoms. The van der Waals surface area contributed by atoms with Crippen molar-refractivity contribution in [2.75, 3.05) is 0 Å². The summed E-state index contributed by atoms with van der Waals surface area (Å²) in [5, 5.41) is 0. The number of hydrogen-bond donors (Lipinski definition) is 0. The Morgan fingerprint density at radius 1 is 0.792 bits per heavy atom. The molecule has 0 aliphatic heterocycles.